The molecule has 1 N–H and O–H groups in total. The van der Waals surface area contributed by atoms with Crippen molar-refractivity contribution < 1.29 is 26.7 Å². The smallest absolute Gasteiger partial charge is 0.274 e. The van der Waals surface area contributed by atoms with E-state index in [-0.39, 0.29) is 37.5 Å². The molecule has 0 radical (unpaired) electrons. The van der Waals surface area contributed by atoms with Crippen molar-refractivity contribution in [1.29, 1.82) is 0 Å². The molecular formula is C21H30F2N2O4S. The molecule has 0 amide bonds. The second kappa shape index (κ2) is 8.68. The lowest BCUT2D eigenvalue weighted by Gasteiger charge is -2.42. The summed E-state index contributed by atoms with van der Waals surface area (Å²) in [7, 11) is -3.42. The Morgan fingerprint density at radius 3 is 2.73 bits per heavy atom. The molecule has 5 rings (SSSR count). The largest absolute Gasteiger partial charge is 0.492 e. The molecule has 2 fully saturated rings. The van der Waals surface area contributed by atoms with Gasteiger partial charge in [0.2, 0.25) is 10.0 Å². The molecule has 1 aliphatic carbocycles. The van der Waals surface area contributed by atoms with Gasteiger partial charge in [0.05, 0.1) is 12.9 Å². The van der Waals surface area contributed by atoms with Crippen LogP contribution in [-0.4, -0.2) is 70.0 Å². The molecule has 0 aromatic heterocycles. The maximum atomic E-state index is 15.0. The Kier molecular flexibility index (Phi) is 6.35. The van der Waals surface area contributed by atoms with Crippen molar-refractivity contribution in [3.05, 3.63) is 29.8 Å². The number of halogens is 2. The first kappa shape index (κ1) is 21.9. The Labute approximate surface area is 177 Å². The van der Waals surface area contributed by atoms with E-state index in [1.165, 1.54) is 0 Å². The van der Waals surface area contributed by atoms with Crippen LogP contribution in [-0.2, 0) is 14.8 Å². The summed E-state index contributed by atoms with van der Waals surface area (Å²) in [5, 5.41) is 0. The number of nitrogens with one attached hydrogen (secondary N) is 1. The number of fused-ring (bicyclic) bond motifs is 5. The second-order valence-electron chi connectivity index (χ2n) is 8.69. The van der Waals surface area contributed by atoms with Gasteiger partial charge in [-0.3, -0.25) is 4.90 Å². The van der Waals surface area contributed by atoms with Crippen molar-refractivity contribution in [2.45, 2.75) is 62.1 Å². The fourth-order valence-electron chi connectivity index (χ4n) is 5.07. The molecule has 6 nitrogen and oxygen atoms in total. The molecule has 1 aromatic rings. The molecule has 30 heavy (non-hydrogen) atoms. The fraction of sp³-hybridized carbons (Fsp3) is 0.714. The molecular weight excluding hydrogens is 414 g/mol. The van der Waals surface area contributed by atoms with E-state index in [1.54, 1.807) is 0 Å². The van der Waals surface area contributed by atoms with E-state index in [0.717, 1.165) is 24.8 Å². The van der Waals surface area contributed by atoms with E-state index in [9.17, 15) is 17.2 Å². The van der Waals surface area contributed by atoms with Crippen LogP contribution >= 0.6 is 0 Å². The monoisotopic (exact) mass is 444 g/mol. The number of sulfonamides is 1. The normalized spacial score (nSPS) is 32.6. The van der Waals surface area contributed by atoms with Gasteiger partial charge in [-0.15, -0.1) is 0 Å². The van der Waals surface area contributed by atoms with Crippen LogP contribution in [0.1, 0.15) is 43.6 Å². The van der Waals surface area contributed by atoms with E-state index in [0.29, 0.717) is 31.7 Å². The number of benzene rings is 1. The summed E-state index contributed by atoms with van der Waals surface area (Å²) < 4.78 is 68.2. The van der Waals surface area contributed by atoms with Gasteiger partial charge in [-0.2, -0.15) is 0 Å². The minimum Gasteiger partial charge on any atom is -0.492 e. The summed E-state index contributed by atoms with van der Waals surface area (Å²) in [6.45, 7) is 1.82. The summed E-state index contributed by atoms with van der Waals surface area (Å²) in [6, 6.07) is 6.78. The zero-order chi connectivity index (χ0) is 21.4. The van der Waals surface area contributed by atoms with Crippen LogP contribution in [0.5, 0.6) is 5.75 Å². The van der Waals surface area contributed by atoms with Crippen LogP contribution in [0.25, 0.3) is 0 Å². The Balaban J connectivity index is 1.62. The number of hydrogen-bond acceptors (Lipinski definition) is 5. The zero-order valence-corrected chi connectivity index (χ0v) is 18.0. The summed E-state index contributed by atoms with van der Waals surface area (Å²) in [6.07, 6.45) is 2.07. The van der Waals surface area contributed by atoms with E-state index < -0.39 is 22.0 Å². The van der Waals surface area contributed by atoms with Crippen molar-refractivity contribution in [3.8, 4) is 5.75 Å². The maximum Gasteiger partial charge on any atom is 0.274 e. The zero-order valence-electron chi connectivity index (χ0n) is 17.2. The number of rotatable bonds is 2. The summed E-state index contributed by atoms with van der Waals surface area (Å²) in [4.78, 5) is 2.11. The first-order chi connectivity index (χ1) is 14.2. The van der Waals surface area contributed by atoms with E-state index >= 15 is 0 Å². The molecule has 3 aliphatic heterocycles. The predicted octanol–water partition coefficient (Wildman–Crippen LogP) is 2.75. The van der Waals surface area contributed by atoms with E-state index in [1.807, 2.05) is 24.3 Å². The fourth-order valence-corrected chi connectivity index (χ4v) is 5.90. The average molecular weight is 445 g/mol. The number of para-hydroxylation sites is 1. The molecule has 1 aromatic carbocycles. The van der Waals surface area contributed by atoms with Gasteiger partial charge in [-0.25, -0.2) is 21.9 Å². The molecule has 1 saturated heterocycles. The van der Waals surface area contributed by atoms with Gasteiger partial charge in [-0.05, 0) is 49.8 Å². The highest BCUT2D eigenvalue weighted by molar-refractivity contribution is 7.88. The molecule has 4 aliphatic rings. The van der Waals surface area contributed by atoms with Crippen molar-refractivity contribution >= 4 is 10.0 Å². The first-order valence-electron chi connectivity index (χ1n) is 10.7. The molecule has 2 unspecified atom stereocenters. The number of nitrogens with zero attached hydrogens (tertiary/aromatic N) is 1. The minimum absolute atomic E-state index is 0.0745. The van der Waals surface area contributed by atoms with Gasteiger partial charge in [-0.1, -0.05) is 18.2 Å². The standard InChI is InChI=1S/C21H30F2N2O4S/c1-30(26,27)24-17-6-4-10-25-11-12-28-19-7-3-2-5-16(19)15-8-9-20(21(22,23)13-15)29-14-18(17)25/h2-3,5,7,15,17-18,20,24H,4,6,8-14H2,1H3/t15?,17-,18?,20+/m0/s1. The molecule has 168 valence electrons. The third kappa shape index (κ3) is 4.95. The average Bonchev–Trinajstić information content (AvgIpc) is 2.68. The molecule has 1 saturated carbocycles. The SMILES string of the molecule is CS(=O)(=O)N[C@H]1CCCN2CCOc3ccccc3C3CC[C@@H](OCC12)C(F)(F)C3. The predicted molar refractivity (Wildman–Crippen MR) is 110 cm³/mol. The van der Waals surface area contributed by atoms with Crippen molar-refractivity contribution in [2.24, 2.45) is 0 Å². The minimum atomic E-state index is -3.42. The highest BCUT2D eigenvalue weighted by Crippen LogP contribution is 2.45. The van der Waals surface area contributed by atoms with Gasteiger partial charge in [0, 0.05) is 25.0 Å². The van der Waals surface area contributed by atoms with Gasteiger partial charge >= 0.3 is 0 Å². The molecule has 0 spiro atoms. The Bertz CT molecular complexity index is 851. The molecule has 9 heteroatoms. The van der Waals surface area contributed by atoms with Crippen LogP contribution in [0.3, 0.4) is 0 Å². The third-order valence-corrected chi connectivity index (χ3v) is 7.22. The van der Waals surface area contributed by atoms with Crippen molar-refractivity contribution in [1.82, 2.24) is 9.62 Å². The van der Waals surface area contributed by atoms with Gasteiger partial charge in [0.1, 0.15) is 18.5 Å². The first-order valence-corrected chi connectivity index (χ1v) is 12.5. The van der Waals surface area contributed by atoms with Crippen molar-refractivity contribution in [2.75, 3.05) is 32.6 Å². The van der Waals surface area contributed by atoms with Gasteiger partial charge < -0.3 is 9.47 Å². The van der Waals surface area contributed by atoms with Crippen LogP contribution in [0.15, 0.2) is 24.3 Å². The van der Waals surface area contributed by atoms with Gasteiger partial charge in [0.15, 0.2) is 0 Å². The Morgan fingerprint density at radius 1 is 1.17 bits per heavy atom. The summed E-state index contributed by atoms with van der Waals surface area (Å²) >= 11 is 0. The molecule has 3 heterocycles. The van der Waals surface area contributed by atoms with E-state index in [2.05, 4.69) is 9.62 Å². The quantitative estimate of drug-likeness (QED) is 0.760. The Hall–Kier alpha value is -1.29. The lowest BCUT2D eigenvalue weighted by atomic mass is 9.80. The van der Waals surface area contributed by atoms with Crippen LogP contribution in [0.4, 0.5) is 8.78 Å². The summed E-state index contributed by atoms with van der Waals surface area (Å²) in [5.74, 6) is -2.54. The van der Waals surface area contributed by atoms with Crippen LogP contribution in [0, 0.1) is 0 Å². The van der Waals surface area contributed by atoms with Crippen molar-refractivity contribution in [3.63, 3.8) is 0 Å². The molecule has 2 bridgehead atoms. The van der Waals surface area contributed by atoms with Crippen LogP contribution < -0.4 is 9.46 Å². The maximum absolute atomic E-state index is 15.0. The number of hydrogen-bond donors (Lipinski definition) is 1. The summed E-state index contributed by atoms with van der Waals surface area (Å²) in [5.41, 5.74) is 0.835. The molecule has 4 atom stereocenters. The highest BCUT2D eigenvalue weighted by Gasteiger charge is 2.47. The topological polar surface area (TPSA) is 67.9 Å². The Morgan fingerprint density at radius 2 is 1.97 bits per heavy atom. The second-order valence-corrected chi connectivity index (χ2v) is 10.5. The van der Waals surface area contributed by atoms with Crippen LogP contribution in [0.2, 0.25) is 0 Å². The highest BCUT2D eigenvalue weighted by atomic mass is 32.2. The number of ether oxygens (including phenoxy) is 2. The number of piperidine rings is 1. The lowest BCUT2D eigenvalue weighted by molar-refractivity contribution is -0.170. The van der Waals surface area contributed by atoms with E-state index in [4.69, 9.17) is 9.47 Å². The van der Waals surface area contributed by atoms with Gasteiger partial charge in [0.25, 0.3) is 5.92 Å². The number of alkyl halides is 2. The lowest BCUT2D eigenvalue weighted by Crippen LogP contribution is -2.58. The third-order valence-electron chi connectivity index (χ3n) is 6.49.